The second-order valence-corrected chi connectivity index (χ2v) is 5.59. The summed E-state index contributed by atoms with van der Waals surface area (Å²) in [6, 6.07) is 6.48. The van der Waals surface area contributed by atoms with Gasteiger partial charge in [-0.1, -0.05) is 18.9 Å². The quantitative estimate of drug-likeness (QED) is 0.869. The molecule has 1 aliphatic carbocycles. The molecule has 1 saturated carbocycles. The van der Waals surface area contributed by atoms with Crippen LogP contribution in [0.4, 0.5) is 0 Å². The lowest BCUT2D eigenvalue weighted by atomic mass is 10.0. The van der Waals surface area contributed by atoms with Crippen LogP contribution in [-0.4, -0.2) is 38.8 Å². The van der Waals surface area contributed by atoms with Crippen LogP contribution in [-0.2, 0) is 0 Å². The number of nitrogens with two attached hydrogens (primary N) is 1. The number of likely N-dealkylation sites (N-methyl/N-ethyl adjacent to an activating group) is 1. The first-order valence-corrected chi connectivity index (χ1v) is 7.33. The number of hydrogen-bond acceptors (Lipinski definition) is 4. The molecule has 0 aromatic heterocycles. The summed E-state index contributed by atoms with van der Waals surface area (Å²) in [5.41, 5.74) is 7.41. The molecule has 2 N–H and O–H groups in total. The van der Waals surface area contributed by atoms with Crippen LogP contribution in [0.2, 0.25) is 0 Å². The van der Waals surface area contributed by atoms with Crippen molar-refractivity contribution < 1.29 is 9.47 Å². The van der Waals surface area contributed by atoms with E-state index in [-0.39, 0.29) is 6.04 Å². The van der Waals surface area contributed by atoms with Gasteiger partial charge in [0.15, 0.2) is 0 Å². The van der Waals surface area contributed by atoms with Crippen molar-refractivity contribution in [3.05, 3.63) is 23.8 Å². The molecule has 1 aromatic carbocycles. The molecule has 0 heterocycles. The largest absolute Gasteiger partial charge is 0.497 e. The molecule has 20 heavy (non-hydrogen) atoms. The maximum atomic E-state index is 6.37. The molecule has 0 bridgehead atoms. The van der Waals surface area contributed by atoms with E-state index in [1.807, 2.05) is 18.2 Å². The van der Waals surface area contributed by atoms with Crippen molar-refractivity contribution in [2.45, 2.75) is 37.8 Å². The van der Waals surface area contributed by atoms with Crippen molar-refractivity contribution >= 4 is 0 Å². The summed E-state index contributed by atoms with van der Waals surface area (Å²) >= 11 is 0. The van der Waals surface area contributed by atoms with Gasteiger partial charge in [-0.25, -0.2) is 0 Å². The summed E-state index contributed by atoms with van der Waals surface area (Å²) < 4.78 is 10.7. The Kier molecular flexibility index (Phi) is 5.26. The fourth-order valence-electron chi connectivity index (χ4n) is 3.03. The molecule has 1 unspecified atom stereocenters. The highest BCUT2D eigenvalue weighted by Crippen LogP contribution is 2.30. The summed E-state index contributed by atoms with van der Waals surface area (Å²) in [6.07, 6.45) is 5.28. The van der Waals surface area contributed by atoms with Crippen molar-refractivity contribution in [2.24, 2.45) is 5.73 Å². The SMILES string of the molecule is COc1ccc(C(N)CN(C)C2CCCC2)c(OC)c1. The van der Waals surface area contributed by atoms with Gasteiger partial charge in [0.1, 0.15) is 11.5 Å². The van der Waals surface area contributed by atoms with Gasteiger partial charge in [0, 0.05) is 30.3 Å². The van der Waals surface area contributed by atoms with E-state index in [1.54, 1.807) is 14.2 Å². The standard InChI is InChI=1S/C16H26N2O2/c1-18(12-6-4-5-7-12)11-15(17)14-9-8-13(19-2)10-16(14)20-3/h8-10,12,15H,4-7,11,17H2,1-3H3. The van der Waals surface area contributed by atoms with Gasteiger partial charge in [-0.15, -0.1) is 0 Å². The van der Waals surface area contributed by atoms with E-state index in [9.17, 15) is 0 Å². The minimum Gasteiger partial charge on any atom is -0.497 e. The maximum Gasteiger partial charge on any atom is 0.127 e. The average molecular weight is 278 g/mol. The summed E-state index contributed by atoms with van der Waals surface area (Å²) in [5, 5.41) is 0. The molecule has 1 aromatic rings. The molecular formula is C16H26N2O2. The van der Waals surface area contributed by atoms with Gasteiger partial charge in [0.05, 0.1) is 14.2 Å². The van der Waals surface area contributed by atoms with Gasteiger partial charge in [0.25, 0.3) is 0 Å². The Balaban J connectivity index is 2.05. The molecule has 1 aliphatic rings. The first-order valence-electron chi connectivity index (χ1n) is 7.33. The van der Waals surface area contributed by atoms with E-state index >= 15 is 0 Å². The van der Waals surface area contributed by atoms with Gasteiger partial charge < -0.3 is 20.1 Å². The number of rotatable bonds is 6. The van der Waals surface area contributed by atoms with E-state index in [0.29, 0.717) is 6.04 Å². The predicted molar refractivity (Wildman–Crippen MR) is 81.4 cm³/mol. The van der Waals surface area contributed by atoms with Crippen LogP contribution in [0.25, 0.3) is 0 Å². The fourth-order valence-corrected chi connectivity index (χ4v) is 3.03. The van der Waals surface area contributed by atoms with Gasteiger partial charge >= 0.3 is 0 Å². The third kappa shape index (κ3) is 3.44. The first kappa shape index (κ1) is 15.1. The molecule has 0 aliphatic heterocycles. The van der Waals surface area contributed by atoms with Crippen molar-refractivity contribution in [1.82, 2.24) is 4.90 Å². The zero-order chi connectivity index (χ0) is 14.5. The lowest BCUT2D eigenvalue weighted by Gasteiger charge is -2.27. The number of hydrogen-bond donors (Lipinski definition) is 1. The van der Waals surface area contributed by atoms with E-state index in [1.165, 1.54) is 25.7 Å². The highest BCUT2D eigenvalue weighted by Gasteiger charge is 2.22. The Labute approximate surface area is 121 Å². The van der Waals surface area contributed by atoms with Crippen LogP contribution in [0.1, 0.15) is 37.3 Å². The van der Waals surface area contributed by atoms with E-state index in [4.69, 9.17) is 15.2 Å². The topological polar surface area (TPSA) is 47.7 Å². The molecule has 0 saturated heterocycles. The molecule has 112 valence electrons. The normalized spacial score (nSPS) is 17.4. The summed E-state index contributed by atoms with van der Waals surface area (Å²) in [5.74, 6) is 1.60. The third-order valence-electron chi connectivity index (χ3n) is 4.27. The Bertz CT molecular complexity index is 430. The Morgan fingerprint density at radius 2 is 1.95 bits per heavy atom. The first-order chi connectivity index (χ1) is 9.65. The van der Waals surface area contributed by atoms with Crippen LogP contribution in [0.15, 0.2) is 18.2 Å². The molecule has 4 heteroatoms. The van der Waals surface area contributed by atoms with Crippen LogP contribution < -0.4 is 15.2 Å². The minimum atomic E-state index is -0.0403. The van der Waals surface area contributed by atoms with Gasteiger partial charge in [-0.2, -0.15) is 0 Å². The van der Waals surface area contributed by atoms with Crippen LogP contribution in [0, 0.1) is 0 Å². The molecule has 1 atom stereocenters. The Morgan fingerprint density at radius 1 is 1.25 bits per heavy atom. The average Bonchev–Trinajstić information content (AvgIpc) is 3.00. The monoisotopic (exact) mass is 278 g/mol. The molecule has 1 fully saturated rings. The molecule has 2 rings (SSSR count). The summed E-state index contributed by atoms with van der Waals surface area (Å²) in [4.78, 5) is 2.39. The molecule has 0 radical (unpaired) electrons. The Hall–Kier alpha value is -1.26. The maximum absolute atomic E-state index is 6.37. The minimum absolute atomic E-state index is 0.0403. The highest BCUT2D eigenvalue weighted by molar-refractivity contribution is 5.42. The molecule has 0 amide bonds. The predicted octanol–water partition coefficient (Wildman–Crippen LogP) is 2.58. The van der Waals surface area contributed by atoms with Crippen molar-refractivity contribution in [1.29, 1.82) is 0 Å². The lowest BCUT2D eigenvalue weighted by Crippen LogP contribution is -2.35. The smallest absolute Gasteiger partial charge is 0.127 e. The number of nitrogens with zero attached hydrogens (tertiary/aromatic N) is 1. The number of methoxy groups -OCH3 is 2. The van der Waals surface area contributed by atoms with E-state index < -0.39 is 0 Å². The van der Waals surface area contributed by atoms with Crippen LogP contribution in [0.3, 0.4) is 0 Å². The molecule has 4 nitrogen and oxygen atoms in total. The zero-order valence-electron chi connectivity index (χ0n) is 12.8. The number of ether oxygens (including phenoxy) is 2. The van der Waals surface area contributed by atoms with Crippen molar-refractivity contribution in [2.75, 3.05) is 27.8 Å². The lowest BCUT2D eigenvalue weighted by molar-refractivity contribution is 0.230. The molecular weight excluding hydrogens is 252 g/mol. The second-order valence-electron chi connectivity index (χ2n) is 5.59. The van der Waals surface area contributed by atoms with Crippen LogP contribution in [0.5, 0.6) is 11.5 Å². The summed E-state index contributed by atoms with van der Waals surface area (Å²) in [7, 11) is 5.50. The second kappa shape index (κ2) is 6.95. The number of benzene rings is 1. The van der Waals surface area contributed by atoms with E-state index in [2.05, 4.69) is 11.9 Å². The zero-order valence-corrected chi connectivity index (χ0v) is 12.8. The fraction of sp³-hybridized carbons (Fsp3) is 0.625. The van der Waals surface area contributed by atoms with Gasteiger partial charge in [-0.3, -0.25) is 0 Å². The summed E-state index contributed by atoms with van der Waals surface area (Å²) in [6.45, 7) is 0.855. The highest BCUT2D eigenvalue weighted by atomic mass is 16.5. The van der Waals surface area contributed by atoms with Gasteiger partial charge in [0.2, 0.25) is 0 Å². The van der Waals surface area contributed by atoms with Crippen molar-refractivity contribution in [3.8, 4) is 11.5 Å². The van der Waals surface area contributed by atoms with Crippen LogP contribution >= 0.6 is 0 Å². The van der Waals surface area contributed by atoms with Crippen molar-refractivity contribution in [3.63, 3.8) is 0 Å². The molecule has 0 spiro atoms. The van der Waals surface area contributed by atoms with Gasteiger partial charge in [-0.05, 0) is 26.0 Å². The van der Waals surface area contributed by atoms with E-state index in [0.717, 1.165) is 23.6 Å². The Morgan fingerprint density at radius 3 is 2.55 bits per heavy atom. The third-order valence-corrected chi connectivity index (χ3v) is 4.27.